The first-order valence-electron chi connectivity index (χ1n) is 15.1. The zero-order valence-electron chi connectivity index (χ0n) is 23.8. The molecule has 2 aromatic heterocycles. The summed E-state index contributed by atoms with van der Waals surface area (Å²) in [4.78, 5) is 17.2. The molecular weight excluding hydrogens is 533 g/mol. The maximum absolute atomic E-state index is 12.2. The average molecular weight is 577 g/mol. The van der Waals surface area contributed by atoms with Crippen molar-refractivity contribution in [2.45, 2.75) is 113 Å². The second kappa shape index (κ2) is 16.4. The summed E-state index contributed by atoms with van der Waals surface area (Å²) in [5.41, 5.74) is 2.40. The topological polar surface area (TPSA) is 17.1 Å². The molecule has 0 N–H and O–H groups in total. The van der Waals surface area contributed by atoms with Gasteiger partial charge in [-0.3, -0.25) is 4.79 Å². The van der Waals surface area contributed by atoms with Crippen LogP contribution in [-0.4, -0.2) is 6.29 Å². The Hall–Kier alpha value is -1.88. The van der Waals surface area contributed by atoms with Gasteiger partial charge >= 0.3 is 0 Å². The minimum Gasteiger partial charge on any atom is -0.297 e. The van der Waals surface area contributed by atoms with Crippen molar-refractivity contribution in [2.24, 2.45) is 0 Å². The molecule has 0 saturated heterocycles. The molecule has 4 rings (SSSR count). The predicted octanol–water partition coefficient (Wildman–Crippen LogP) is 12.4. The summed E-state index contributed by atoms with van der Waals surface area (Å²) >= 11 is 5.52. The molecule has 0 unspecified atom stereocenters. The molecule has 4 heteroatoms. The van der Waals surface area contributed by atoms with Crippen molar-refractivity contribution in [1.82, 2.24) is 0 Å². The van der Waals surface area contributed by atoms with Crippen molar-refractivity contribution in [3.8, 4) is 11.1 Å². The number of rotatable bonds is 18. The zero-order chi connectivity index (χ0) is 27.3. The third-order valence-corrected chi connectivity index (χ3v) is 11.1. The lowest BCUT2D eigenvalue weighted by Gasteiger charge is -2.07. The number of benzene rings is 2. The van der Waals surface area contributed by atoms with Crippen molar-refractivity contribution >= 4 is 51.5 Å². The number of unbranched alkanes of at least 4 members (excludes halogenated alkanes) is 10. The third kappa shape index (κ3) is 8.80. The lowest BCUT2D eigenvalue weighted by atomic mass is 10.1. The lowest BCUT2D eigenvalue weighted by molar-refractivity contribution is 0.112. The molecule has 0 aliphatic heterocycles. The van der Waals surface area contributed by atoms with Crippen LogP contribution in [0.4, 0.5) is 0 Å². The number of fused-ring (bicyclic) bond motifs is 1. The van der Waals surface area contributed by atoms with Gasteiger partial charge in [0.15, 0.2) is 6.29 Å². The average Bonchev–Trinajstić information content (AvgIpc) is 3.56. The zero-order valence-corrected chi connectivity index (χ0v) is 26.3. The SMILES string of the molecule is CCCCCCCCc1cc(-c2cc(CCCCCCCC)sc2Sc2cccc3ccccc23)c(C=O)s1. The van der Waals surface area contributed by atoms with E-state index in [-0.39, 0.29) is 0 Å². The molecule has 0 atom stereocenters. The van der Waals surface area contributed by atoms with Crippen molar-refractivity contribution in [3.63, 3.8) is 0 Å². The molecule has 4 aromatic rings. The van der Waals surface area contributed by atoms with Gasteiger partial charge in [0.05, 0.1) is 9.09 Å². The van der Waals surface area contributed by atoms with Crippen LogP contribution in [-0.2, 0) is 12.8 Å². The molecule has 0 amide bonds. The van der Waals surface area contributed by atoms with Crippen molar-refractivity contribution in [3.05, 3.63) is 69.2 Å². The quantitative estimate of drug-likeness (QED) is 0.0865. The highest BCUT2D eigenvalue weighted by atomic mass is 32.2. The fraction of sp³-hybridized carbons (Fsp3) is 0.457. The van der Waals surface area contributed by atoms with Gasteiger partial charge in [-0.25, -0.2) is 0 Å². The molecule has 208 valence electrons. The molecule has 1 nitrogen and oxygen atoms in total. The first-order chi connectivity index (χ1) is 19.2. The van der Waals surface area contributed by atoms with Crippen LogP contribution in [0.3, 0.4) is 0 Å². The standard InChI is InChI=1S/C35H44OS3/c1-3-5-7-9-11-13-20-28-24-31(34(26-36)37-28)32-25-29(21-14-12-10-8-6-4-2)38-35(32)39-33-23-17-19-27-18-15-16-22-30(27)33/h15-19,22-26H,3-14,20-21H2,1-2H3. The van der Waals surface area contributed by atoms with Crippen LogP contribution in [0, 0.1) is 0 Å². The highest BCUT2D eigenvalue weighted by Crippen LogP contribution is 2.46. The van der Waals surface area contributed by atoms with Gasteiger partial charge in [-0.05, 0) is 54.7 Å². The number of aldehydes is 1. The number of hydrogen-bond donors (Lipinski definition) is 0. The van der Waals surface area contributed by atoms with Gasteiger partial charge in [0, 0.05) is 25.8 Å². The van der Waals surface area contributed by atoms with Gasteiger partial charge in [-0.15, -0.1) is 22.7 Å². The maximum atomic E-state index is 12.2. The van der Waals surface area contributed by atoms with Gasteiger partial charge in [-0.1, -0.05) is 126 Å². The van der Waals surface area contributed by atoms with Crippen LogP contribution >= 0.6 is 34.4 Å². The second-order valence-corrected chi connectivity index (χ2v) is 14.3. The first kappa shape index (κ1) is 30.1. The predicted molar refractivity (Wildman–Crippen MR) is 175 cm³/mol. The van der Waals surface area contributed by atoms with E-state index in [1.54, 1.807) is 11.3 Å². The molecule has 0 aliphatic rings. The molecular formula is C35H44OS3. The molecule has 0 fully saturated rings. The van der Waals surface area contributed by atoms with Gasteiger partial charge in [0.1, 0.15) is 0 Å². The summed E-state index contributed by atoms with van der Waals surface area (Å²) in [6, 6.07) is 20.0. The molecule has 0 saturated carbocycles. The summed E-state index contributed by atoms with van der Waals surface area (Å²) in [7, 11) is 0. The van der Waals surface area contributed by atoms with E-state index < -0.39 is 0 Å². The Morgan fingerprint density at radius 3 is 1.95 bits per heavy atom. The first-order valence-corrected chi connectivity index (χ1v) is 17.5. The highest BCUT2D eigenvalue weighted by Gasteiger charge is 2.19. The molecule has 0 radical (unpaired) electrons. The summed E-state index contributed by atoms with van der Waals surface area (Å²) in [6.07, 6.45) is 19.0. The second-order valence-electron chi connectivity index (χ2n) is 10.6. The van der Waals surface area contributed by atoms with Crippen LogP contribution in [0.15, 0.2) is 63.7 Å². The molecule has 0 bridgehead atoms. The fourth-order valence-electron chi connectivity index (χ4n) is 5.23. The minimum absolute atomic E-state index is 0.889. The summed E-state index contributed by atoms with van der Waals surface area (Å²) in [5.74, 6) is 0. The lowest BCUT2D eigenvalue weighted by Crippen LogP contribution is -1.83. The van der Waals surface area contributed by atoms with Gasteiger partial charge in [0.25, 0.3) is 0 Å². The number of aryl methyl sites for hydroxylation is 2. The number of thiophene rings is 2. The Kier molecular flexibility index (Phi) is 12.7. The highest BCUT2D eigenvalue weighted by molar-refractivity contribution is 8.01. The Morgan fingerprint density at radius 1 is 0.667 bits per heavy atom. The molecule has 2 aromatic carbocycles. The maximum Gasteiger partial charge on any atom is 0.160 e. The van der Waals surface area contributed by atoms with Crippen molar-refractivity contribution in [1.29, 1.82) is 0 Å². The van der Waals surface area contributed by atoms with Crippen LogP contribution in [0.5, 0.6) is 0 Å². The number of hydrogen-bond acceptors (Lipinski definition) is 4. The van der Waals surface area contributed by atoms with E-state index in [0.29, 0.717) is 0 Å². The Labute approximate surface area is 248 Å². The normalized spacial score (nSPS) is 11.4. The van der Waals surface area contributed by atoms with E-state index in [4.69, 9.17) is 0 Å². The summed E-state index contributed by atoms with van der Waals surface area (Å²) in [6.45, 7) is 4.55. The Morgan fingerprint density at radius 2 is 1.26 bits per heavy atom. The summed E-state index contributed by atoms with van der Waals surface area (Å²) < 4.78 is 1.32. The largest absolute Gasteiger partial charge is 0.297 e. The minimum atomic E-state index is 0.889. The Bertz CT molecular complexity index is 1290. The van der Waals surface area contributed by atoms with E-state index in [9.17, 15) is 4.79 Å². The smallest absolute Gasteiger partial charge is 0.160 e. The monoisotopic (exact) mass is 576 g/mol. The van der Waals surface area contributed by atoms with E-state index in [0.717, 1.165) is 29.6 Å². The van der Waals surface area contributed by atoms with Gasteiger partial charge in [-0.2, -0.15) is 0 Å². The summed E-state index contributed by atoms with van der Waals surface area (Å²) in [5, 5.41) is 2.57. The molecule has 0 aliphatic carbocycles. The molecule has 0 spiro atoms. The van der Waals surface area contributed by atoms with Gasteiger partial charge < -0.3 is 0 Å². The van der Waals surface area contributed by atoms with Crippen molar-refractivity contribution in [2.75, 3.05) is 0 Å². The van der Waals surface area contributed by atoms with E-state index in [1.165, 1.54) is 112 Å². The number of carbonyl (C=O) groups is 1. The fourth-order valence-corrected chi connectivity index (χ4v) is 8.88. The molecule has 39 heavy (non-hydrogen) atoms. The van der Waals surface area contributed by atoms with Crippen LogP contribution in [0.25, 0.3) is 21.9 Å². The van der Waals surface area contributed by atoms with Gasteiger partial charge in [0.2, 0.25) is 0 Å². The third-order valence-electron chi connectivity index (χ3n) is 7.46. The van der Waals surface area contributed by atoms with Crippen molar-refractivity contribution < 1.29 is 4.79 Å². The Balaban J connectivity index is 1.56. The number of carbonyl (C=O) groups excluding carboxylic acids is 1. The molecule has 2 heterocycles. The van der Waals surface area contributed by atoms with E-state index in [1.807, 2.05) is 23.1 Å². The van der Waals surface area contributed by atoms with Crippen LogP contribution in [0.2, 0.25) is 0 Å². The van der Waals surface area contributed by atoms with Crippen LogP contribution in [0.1, 0.15) is 110 Å². The van der Waals surface area contributed by atoms with E-state index in [2.05, 4.69) is 68.4 Å². The van der Waals surface area contributed by atoms with E-state index >= 15 is 0 Å². The van der Waals surface area contributed by atoms with Crippen LogP contribution < -0.4 is 0 Å².